The Morgan fingerprint density at radius 3 is 3.05 bits per heavy atom. The second-order valence-electron chi connectivity index (χ2n) is 6.98. The molecule has 4 aliphatic rings. The number of rotatable bonds is 1. The number of hydrogen-bond acceptors (Lipinski definition) is 3. The summed E-state index contributed by atoms with van der Waals surface area (Å²) in [5.41, 5.74) is 6.25. The normalized spacial score (nSPS) is 37.0. The average molecular weight is 292 g/mol. The van der Waals surface area contributed by atoms with E-state index >= 15 is 0 Å². The smallest absolute Gasteiger partial charge is 0.148 e. The van der Waals surface area contributed by atoms with Gasteiger partial charge in [0, 0.05) is 42.0 Å². The van der Waals surface area contributed by atoms with E-state index in [1.54, 1.807) is 0 Å². The summed E-state index contributed by atoms with van der Waals surface area (Å²) in [6, 6.07) is 9.16. The first kappa shape index (κ1) is 12.7. The first-order valence-corrected chi connectivity index (χ1v) is 8.25. The van der Waals surface area contributed by atoms with Crippen molar-refractivity contribution >= 4 is 12.0 Å². The molecule has 3 nitrogen and oxygen atoms in total. The van der Waals surface area contributed by atoms with E-state index in [9.17, 15) is 4.79 Å². The maximum absolute atomic E-state index is 11.9. The van der Waals surface area contributed by atoms with Gasteiger partial charge in [-0.1, -0.05) is 29.8 Å². The highest BCUT2D eigenvalue weighted by Crippen LogP contribution is 2.60. The first-order chi connectivity index (χ1) is 10.8. The lowest BCUT2D eigenvalue weighted by Crippen LogP contribution is -2.52. The number of nitrogens with one attached hydrogen (secondary N) is 1. The molecule has 1 aromatic carbocycles. The summed E-state index contributed by atoms with van der Waals surface area (Å²) in [4.78, 5) is 14.6. The van der Waals surface area contributed by atoms with Gasteiger partial charge in [0.1, 0.15) is 6.29 Å². The van der Waals surface area contributed by atoms with Crippen LogP contribution in [-0.4, -0.2) is 30.3 Å². The molecule has 2 bridgehead atoms. The quantitative estimate of drug-likeness (QED) is 0.638. The van der Waals surface area contributed by atoms with Crippen molar-refractivity contribution in [1.82, 2.24) is 4.90 Å². The number of piperidine rings is 1. The molecule has 1 spiro atoms. The maximum atomic E-state index is 11.9. The van der Waals surface area contributed by atoms with Crippen LogP contribution in [0.5, 0.6) is 0 Å². The topological polar surface area (TPSA) is 32.3 Å². The van der Waals surface area contributed by atoms with Gasteiger partial charge in [-0.05, 0) is 31.4 Å². The van der Waals surface area contributed by atoms with Gasteiger partial charge in [0.05, 0.1) is 5.41 Å². The Morgan fingerprint density at radius 1 is 1.36 bits per heavy atom. The van der Waals surface area contributed by atoms with Crippen molar-refractivity contribution in [1.29, 1.82) is 0 Å². The third-order valence-corrected chi connectivity index (χ3v) is 6.37. The van der Waals surface area contributed by atoms with E-state index in [0.29, 0.717) is 12.0 Å². The SMILES string of the molecule is C/C=C1/CN2CC[C@]34C(=C(C=O)[C@H]1CC23)Nc1ccccc14. The lowest BCUT2D eigenvalue weighted by Gasteiger charge is -2.48. The molecule has 0 amide bonds. The highest BCUT2D eigenvalue weighted by atomic mass is 16.1. The molecule has 0 radical (unpaired) electrons. The van der Waals surface area contributed by atoms with Crippen molar-refractivity contribution in [3.8, 4) is 0 Å². The molecular formula is C19H20N2O. The molecule has 1 N–H and O–H groups in total. The zero-order valence-corrected chi connectivity index (χ0v) is 12.8. The summed E-state index contributed by atoms with van der Waals surface area (Å²) in [7, 11) is 0. The minimum Gasteiger partial charge on any atom is -0.358 e. The van der Waals surface area contributed by atoms with E-state index in [1.807, 2.05) is 0 Å². The van der Waals surface area contributed by atoms with Crippen molar-refractivity contribution in [3.05, 3.63) is 52.7 Å². The Bertz CT molecular complexity index is 748. The van der Waals surface area contributed by atoms with Crippen molar-refractivity contribution < 1.29 is 4.79 Å². The monoisotopic (exact) mass is 292 g/mol. The predicted octanol–water partition coefficient (Wildman–Crippen LogP) is 2.86. The van der Waals surface area contributed by atoms with Gasteiger partial charge >= 0.3 is 0 Å². The van der Waals surface area contributed by atoms with Crippen LogP contribution in [0.2, 0.25) is 0 Å². The van der Waals surface area contributed by atoms with Gasteiger partial charge in [-0.3, -0.25) is 9.69 Å². The number of para-hydroxylation sites is 1. The van der Waals surface area contributed by atoms with E-state index in [-0.39, 0.29) is 5.41 Å². The van der Waals surface area contributed by atoms with E-state index in [0.717, 1.165) is 37.8 Å². The Hall–Kier alpha value is -1.87. The highest BCUT2D eigenvalue weighted by molar-refractivity contribution is 5.84. The fourth-order valence-electron chi connectivity index (χ4n) is 5.44. The molecule has 3 atom stereocenters. The molecule has 22 heavy (non-hydrogen) atoms. The number of carbonyl (C=O) groups is 1. The summed E-state index contributed by atoms with van der Waals surface area (Å²) in [5, 5.41) is 3.62. The molecule has 3 heteroatoms. The second kappa shape index (κ2) is 4.11. The lowest BCUT2D eigenvalue weighted by atomic mass is 9.62. The maximum Gasteiger partial charge on any atom is 0.148 e. The number of anilines is 1. The molecule has 0 aromatic heterocycles. The van der Waals surface area contributed by atoms with Gasteiger partial charge in [-0.25, -0.2) is 0 Å². The van der Waals surface area contributed by atoms with Crippen molar-refractivity contribution in [3.63, 3.8) is 0 Å². The summed E-state index contributed by atoms with van der Waals surface area (Å²) in [5.74, 6) is 0.312. The van der Waals surface area contributed by atoms with E-state index < -0.39 is 0 Å². The summed E-state index contributed by atoms with van der Waals surface area (Å²) in [6.45, 7) is 4.26. The van der Waals surface area contributed by atoms with Crippen LogP contribution in [0.4, 0.5) is 5.69 Å². The number of nitrogens with zero attached hydrogens (tertiary/aromatic N) is 1. The van der Waals surface area contributed by atoms with Crippen LogP contribution in [0.15, 0.2) is 47.2 Å². The molecule has 0 saturated carbocycles. The lowest BCUT2D eigenvalue weighted by molar-refractivity contribution is -0.105. The van der Waals surface area contributed by atoms with Gasteiger partial charge < -0.3 is 5.32 Å². The standard InChI is InChI=1S/C19H20N2O/c1-2-12-10-21-8-7-19-15-5-3-4-6-16(15)20-18(19)14(11-22)13(12)9-17(19)21/h2-6,11,13,17,20H,7-10H2,1H3/b12-2-/t13-,17?,19+/m0/s1. The summed E-state index contributed by atoms with van der Waals surface area (Å²) < 4.78 is 0. The minimum atomic E-state index is 0.0304. The van der Waals surface area contributed by atoms with E-state index in [4.69, 9.17) is 0 Å². The molecular weight excluding hydrogens is 272 g/mol. The highest BCUT2D eigenvalue weighted by Gasteiger charge is 2.60. The largest absolute Gasteiger partial charge is 0.358 e. The van der Waals surface area contributed by atoms with Crippen molar-refractivity contribution in [2.24, 2.45) is 5.92 Å². The van der Waals surface area contributed by atoms with Crippen LogP contribution in [0.25, 0.3) is 0 Å². The van der Waals surface area contributed by atoms with Gasteiger partial charge in [0.2, 0.25) is 0 Å². The van der Waals surface area contributed by atoms with Crippen LogP contribution in [0.1, 0.15) is 25.3 Å². The van der Waals surface area contributed by atoms with Gasteiger partial charge in [0.25, 0.3) is 0 Å². The molecule has 5 rings (SSSR count). The van der Waals surface area contributed by atoms with Gasteiger partial charge in [0.15, 0.2) is 0 Å². The van der Waals surface area contributed by atoms with Crippen molar-refractivity contribution in [2.75, 3.05) is 18.4 Å². The number of benzene rings is 1. The molecule has 112 valence electrons. The predicted molar refractivity (Wildman–Crippen MR) is 86.7 cm³/mol. The fourth-order valence-corrected chi connectivity index (χ4v) is 5.44. The second-order valence-corrected chi connectivity index (χ2v) is 6.98. The fraction of sp³-hybridized carbons (Fsp3) is 0.421. The third-order valence-electron chi connectivity index (χ3n) is 6.37. The Balaban J connectivity index is 1.83. The van der Waals surface area contributed by atoms with E-state index in [1.165, 1.54) is 22.5 Å². The number of fused-ring (bicyclic) bond motifs is 2. The molecule has 1 aliphatic carbocycles. The number of carbonyl (C=O) groups excluding carboxylic acids is 1. The summed E-state index contributed by atoms with van der Waals surface area (Å²) in [6.07, 6.45) is 5.55. The molecule has 2 saturated heterocycles. The first-order valence-electron chi connectivity index (χ1n) is 8.25. The van der Waals surface area contributed by atoms with Gasteiger partial charge in [-0.2, -0.15) is 0 Å². The van der Waals surface area contributed by atoms with Crippen molar-refractivity contribution in [2.45, 2.75) is 31.2 Å². The number of allylic oxidation sites excluding steroid dienone is 2. The zero-order valence-electron chi connectivity index (χ0n) is 12.8. The number of aldehydes is 1. The van der Waals surface area contributed by atoms with Crippen LogP contribution >= 0.6 is 0 Å². The van der Waals surface area contributed by atoms with Crippen LogP contribution in [0.3, 0.4) is 0 Å². The molecule has 1 aromatic rings. The van der Waals surface area contributed by atoms with Crippen LogP contribution in [-0.2, 0) is 10.2 Å². The Morgan fingerprint density at radius 2 is 2.23 bits per heavy atom. The minimum absolute atomic E-state index is 0.0304. The molecule has 3 heterocycles. The third kappa shape index (κ3) is 1.25. The Kier molecular flexibility index (Phi) is 2.36. The van der Waals surface area contributed by atoms with Crippen LogP contribution in [0, 0.1) is 5.92 Å². The van der Waals surface area contributed by atoms with Crippen LogP contribution < -0.4 is 5.32 Å². The molecule has 3 aliphatic heterocycles. The average Bonchev–Trinajstić information content (AvgIpc) is 3.11. The van der Waals surface area contributed by atoms with Gasteiger partial charge in [-0.15, -0.1) is 0 Å². The zero-order chi connectivity index (χ0) is 14.9. The molecule has 2 fully saturated rings. The summed E-state index contributed by atoms with van der Waals surface area (Å²) >= 11 is 0. The molecule has 1 unspecified atom stereocenters. The number of hydrogen-bond donors (Lipinski definition) is 1. The Labute approximate surface area is 130 Å². The van der Waals surface area contributed by atoms with E-state index in [2.05, 4.69) is 47.5 Å².